The molecular weight excluding hydrogens is 242 g/mol. The van der Waals surface area contributed by atoms with Crippen molar-refractivity contribution in [1.82, 2.24) is 15.3 Å². The average Bonchev–Trinajstić information content (AvgIpc) is 2.80. The summed E-state index contributed by atoms with van der Waals surface area (Å²) in [6.45, 7) is 6.13. The second-order valence-corrected chi connectivity index (χ2v) is 4.43. The Labute approximate surface area is 113 Å². The maximum absolute atomic E-state index is 5.44. The van der Waals surface area contributed by atoms with Gasteiger partial charge in [0.25, 0.3) is 0 Å². The molecule has 1 N–H and O–H groups in total. The lowest BCUT2D eigenvalue weighted by Gasteiger charge is -2.06. The standard InChI is InChI=1S/C14H19N3O2/c1-10-4-6-19-13(10)14-16-11(2)8-12(17-14)9-15-5-7-18-3/h4,6,8,15H,5,7,9H2,1-3H3. The number of aromatic nitrogens is 2. The molecule has 0 amide bonds. The molecule has 0 aromatic carbocycles. The van der Waals surface area contributed by atoms with Gasteiger partial charge in [-0.25, -0.2) is 9.97 Å². The van der Waals surface area contributed by atoms with Crippen molar-refractivity contribution in [3.63, 3.8) is 0 Å². The maximum atomic E-state index is 5.44. The van der Waals surface area contributed by atoms with Gasteiger partial charge in [0.15, 0.2) is 11.6 Å². The van der Waals surface area contributed by atoms with E-state index in [1.807, 2.05) is 26.0 Å². The average molecular weight is 261 g/mol. The first kappa shape index (κ1) is 13.7. The lowest BCUT2D eigenvalue weighted by molar-refractivity contribution is 0.199. The van der Waals surface area contributed by atoms with Crippen LogP contribution in [0.1, 0.15) is 17.0 Å². The predicted octanol–water partition coefficient (Wildman–Crippen LogP) is 2.09. The molecule has 2 aromatic heterocycles. The van der Waals surface area contributed by atoms with E-state index in [-0.39, 0.29) is 0 Å². The van der Waals surface area contributed by atoms with E-state index in [1.54, 1.807) is 13.4 Å². The SMILES string of the molecule is COCCNCc1cc(C)nc(-c2occc2C)n1. The highest BCUT2D eigenvalue weighted by atomic mass is 16.5. The van der Waals surface area contributed by atoms with Gasteiger partial charge in [-0.05, 0) is 31.5 Å². The first-order valence-electron chi connectivity index (χ1n) is 6.29. The van der Waals surface area contributed by atoms with Crippen LogP contribution >= 0.6 is 0 Å². The molecule has 0 fully saturated rings. The van der Waals surface area contributed by atoms with Crippen LogP contribution in [0.3, 0.4) is 0 Å². The highest BCUT2D eigenvalue weighted by molar-refractivity contribution is 5.52. The van der Waals surface area contributed by atoms with Crippen molar-refractivity contribution in [2.45, 2.75) is 20.4 Å². The van der Waals surface area contributed by atoms with Gasteiger partial charge in [0.05, 0.1) is 18.6 Å². The van der Waals surface area contributed by atoms with Crippen molar-refractivity contribution < 1.29 is 9.15 Å². The molecular formula is C14H19N3O2. The van der Waals surface area contributed by atoms with Gasteiger partial charge in [-0.2, -0.15) is 0 Å². The molecule has 2 rings (SSSR count). The van der Waals surface area contributed by atoms with E-state index in [2.05, 4.69) is 15.3 Å². The van der Waals surface area contributed by atoms with Crippen LogP contribution in [0, 0.1) is 13.8 Å². The topological polar surface area (TPSA) is 60.2 Å². The second kappa shape index (κ2) is 6.45. The Morgan fingerprint density at radius 2 is 2.16 bits per heavy atom. The number of aryl methyl sites for hydroxylation is 2. The Morgan fingerprint density at radius 1 is 1.32 bits per heavy atom. The van der Waals surface area contributed by atoms with Crippen molar-refractivity contribution in [3.05, 3.63) is 35.3 Å². The molecule has 0 bridgehead atoms. The molecule has 5 heteroatoms. The van der Waals surface area contributed by atoms with Gasteiger partial charge < -0.3 is 14.5 Å². The smallest absolute Gasteiger partial charge is 0.196 e. The summed E-state index contributed by atoms with van der Waals surface area (Å²) in [6.07, 6.45) is 1.66. The number of nitrogens with one attached hydrogen (secondary N) is 1. The monoisotopic (exact) mass is 261 g/mol. The largest absolute Gasteiger partial charge is 0.461 e. The van der Waals surface area contributed by atoms with E-state index >= 15 is 0 Å². The Kier molecular flexibility index (Phi) is 4.65. The summed E-state index contributed by atoms with van der Waals surface area (Å²) >= 11 is 0. The Bertz CT molecular complexity index is 537. The van der Waals surface area contributed by atoms with Gasteiger partial charge in [-0.15, -0.1) is 0 Å². The minimum atomic E-state index is 0.644. The van der Waals surface area contributed by atoms with Crippen LogP contribution in [-0.4, -0.2) is 30.2 Å². The molecule has 0 aliphatic rings. The van der Waals surface area contributed by atoms with E-state index in [9.17, 15) is 0 Å². The zero-order valence-corrected chi connectivity index (χ0v) is 11.6. The fourth-order valence-corrected chi connectivity index (χ4v) is 1.82. The van der Waals surface area contributed by atoms with E-state index in [0.29, 0.717) is 19.0 Å². The second-order valence-electron chi connectivity index (χ2n) is 4.43. The van der Waals surface area contributed by atoms with Crippen LogP contribution in [-0.2, 0) is 11.3 Å². The lowest BCUT2D eigenvalue weighted by Crippen LogP contribution is -2.19. The third kappa shape index (κ3) is 3.62. The van der Waals surface area contributed by atoms with E-state index in [4.69, 9.17) is 9.15 Å². The Morgan fingerprint density at radius 3 is 2.84 bits per heavy atom. The third-order valence-electron chi connectivity index (χ3n) is 2.76. The summed E-state index contributed by atoms with van der Waals surface area (Å²) in [5.74, 6) is 1.38. The van der Waals surface area contributed by atoms with Crippen molar-refractivity contribution in [2.75, 3.05) is 20.3 Å². The highest BCUT2D eigenvalue weighted by Crippen LogP contribution is 2.21. The molecule has 0 unspecified atom stereocenters. The summed E-state index contributed by atoms with van der Waals surface area (Å²) in [5.41, 5.74) is 2.93. The van der Waals surface area contributed by atoms with Crippen LogP contribution < -0.4 is 5.32 Å². The van der Waals surface area contributed by atoms with E-state index < -0.39 is 0 Å². The van der Waals surface area contributed by atoms with Gasteiger partial charge >= 0.3 is 0 Å². The van der Waals surface area contributed by atoms with Crippen molar-refractivity contribution in [1.29, 1.82) is 0 Å². The summed E-state index contributed by atoms with van der Waals surface area (Å²) in [7, 11) is 1.69. The molecule has 0 saturated carbocycles. The highest BCUT2D eigenvalue weighted by Gasteiger charge is 2.10. The van der Waals surface area contributed by atoms with E-state index in [0.717, 1.165) is 29.3 Å². The summed E-state index contributed by atoms with van der Waals surface area (Å²) in [6, 6.07) is 3.89. The Hall–Kier alpha value is -1.72. The number of furan rings is 1. The zero-order valence-electron chi connectivity index (χ0n) is 11.6. The van der Waals surface area contributed by atoms with Crippen LogP contribution in [0.15, 0.2) is 22.8 Å². The van der Waals surface area contributed by atoms with Gasteiger partial charge in [0.1, 0.15) is 0 Å². The lowest BCUT2D eigenvalue weighted by atomic mass is 10.2. The number of nitrogens with zero attached hydrogens (tertiary/aromatic N) is 2. The number of hydrogen-bond acceptors (Lipinski definition) is 5. The minimum absolute atomic E-state index is 0.644. The molecule has 102 valence electrons. The summed E-state index contributed by atoms with van der Waals surface area (Å²) in [4.78, 5) is 8.95. The molecule has 0 aliphatic carbocycles. The van der Waals surface area contributed by atoms with Crippen LogP contribution in [0.25, 0.3) is 11.6 Å². The van der Waals surface area contributed by atoms with Crippen LogP contribution in [0.2, 0.25) is 0 Å². The van der Waals surface area contributed by atoms with Gasteiger partial charge in [0, 0.05) is 25.9 Å². The third-order valence-corrected chi connectivity index (χ3v) is 2.76. The van der Waals surface area contributed by atoms with Gasteiger partial charge in [0.2, 0.25) is 0 Å². The Balaban J connectivity index is 2.13. The quantitative estimate of drug-likeness (QED) is 0.807. The fourth-order valence-electron chi connectivity index (χ4n) is 1.82. The number of rotatable bonds is 6. The molecule has 0 spiro atoms. The fraction of sp³-hybridized carbons (Fsp3) is 0.429. The number of methoxy groups -OCH3 is 1. The van der Waals surface area contributed by atoms with Crippen LogP contribution in [0.4, 0.5) is 0 Å². The van der Waals surface area contributed by atoms with Gasteiger partial charge in [-0.3, -0.25) is 0 Å². The molecule has 19 heavy (non-hydrogen) atoms. The van der Waals surface area contributed by atoms with Crippen LogP contribution in [0.5, 0.6) is 0 Å². The number of ether oxygens (including phenoxy) is 1. The molecule has 5 nitrogen and oxygen atoms in total. The number of hydrogen-bond donors (Lipinski definition) is 1. The molecule has 0 atom stereocenters. The maximum Gasteiger partial charge on any atom is 0.196 e. The van der Waals surface area contributed by atoms with Crippen molar-refractivity contribution >= 4 is 0 Å². The molecule has 0 saturated heterocycles. The minimum Gasteiger partial charge on any atom is -0.461 e. The first-order chi connectivity index (χ1) is 9.20. The first-order valence-corrected chi connectivity index (χ1v) is 6.29. The predicted molar refractivity (Wildman–Crippen MR) is 72.8 cm³/mol. The summed E-state index contributed by atoms with van der Waals surface area (Å²) in [5, 5.41) is 3.27. The zero-order chi connectivity index (χ0) is 13.7. The van der Waals surface area contributed by atoms with E-state index in [1.165, 1.54) is 0 Å². The molecule has 0 radical (unpaired) electrons. The van der Waals surface area contributed by atoms with Crippen molar-refractivity contribution in [2.24, 2.45) is 0 Å². The molecule has 2 aromatic rings. The normalized spacial score (nSPS) is 10.9. The summed E-state index contributed by atoms with van der Waals surface area (Å²) < 4.78 is 10.4. The molecule has 2 heterocycles. The van der Waals surface area contributed by atoms with Crippen molar-refractivity contribution in [3.8, 4) is 11.6 Å². The molecule has 0 aliphatic heterocycles. The van der Waals surface area contributed by atoms with Gasteiger partial charge in [-0.1, -0.05) is 0 Å².